The molecule has 5 heteroatoms. The summed E-state index contributed by atoms with van der Waals surface area (Å²) in [6, 6.07) is 0.750. The summed E-state index contributed by atoms with van der Waals surface area (Å²) in [5.74, 6) is 0.102. The smallest absolute Gasteiger partial charge is 0.382 e. The molecule has 4 nitrogen and oxygen atoms in total. The monoisotopic (exact) mass is 219 g/mol. The molecule has 0 saturated carbocycles. The van der Waals surface area contributed by atoms with Crippen molar-refractivity contribution in [2.75, 3.05) is 20.8 Å². The van der Waals surface area contributed by atoms with Crippen molar-refractivity contribution < 1.29 is 13.6 Å². The Morgan fingerprint density at radius 1 is 1.21 bits per heavy atom. The molecular weight excluding hydrogens is 198 g/mol. The first-order chi connectivity index (χ1) is 6.61. The number of hydrogen-bond acceptors (Lipinski definition) is 3. The second-order valence-electron chi connectivity index (χ2n) is 2.97. The van der Waals surface area contributed by atoms with Crippen molar-refractivity contribution >= 4 is 14.6 Å². The van der Waals surface area contributed by atoms with Gasteiger partial charge in [-0.15, -0.1) is 0 Å². The fourth-order valence-electron chi connectivity index (χ4n) is 1.58. The summed E-state index contributed by atoms with van der Waals surface area (Å²) in [5, 5.41) is 0. The third kappa shape index (κ3) is 2.56. The zero-order valence-corrected chi connectivity index (χ0v) is 10.8. The third-order valence-corrected chi connectivity index (χ3v) is 5.97. The van der Waals surface area contributed by atoms with E-state index < -0.39 is 8.72 Å². The summed E-state index contributed by atoms with van der Waals surface area (Å²) in [4.78, 5) is 11.7. The molecule has 0 aliphatic carbocycles. The van der Waals surface area contributed by atoms with Crippen molar-refractivity contribution in [2.45, 2.75) is 33.2 Å². The first kappa shape index (κ1) is 13.6. The zero-order chi connectivity index (χ0) is 11.2. The third-order valence-electron chi connectivity index (χ3n) is 2.42. The first-order valence-electron chi connectivity index (χ1n) is 5.02. The van der Waals surface area contributed by atoms with E-state index in [0.717, 1.165) is 6.04 Å². The van der Waals surface area contributed by atoms with E-state index in [-0.39, 0.29) is 5.91 Å². The van der Waals surface area contributed by atoms with E-state index in [0.29, 0.717) is 13.0 Å². The highest BCUT2D eigenvalue weighted by Gasteiger charge is 2.43. The zero-order valence-electron chi connectivity index (χ0n) is 9.79. The van der Waals surface area contributed by atoms with E-state index >= 15 is 0 Å². The Kier molecular flexibility index (Phi) is 5.99. The SMILES string of the molecule is CCC(=O)N(CC)[Si](CC)(OC)OC. The molecule has 0 spiro atoms. The van der Waals surface area contributed by atoms with Crippen LogP contribution < -0.4 is 0 Å². The highest BCUT2D eigenvalue weighted by atomic mass is 28.4. The van der Waals surface area contributed by atoms with Gasteiger partial charge in [-0.25, -0.2) is 0 Å². The van der Waals surface area contributed by atoms with Crippen LogP contribution >= 0.6 is 0 Å². The molecule has 0 N–H and O–H groups in total. The number of rotatable bonds is 6. The maximum Gasteiger partial charge on any atom is 0.460 e. The maximum atomic E-state index is 11.7. The van der Waals surface area contributed by atoms with E-state index in [1.807, 2.05) is 20.8 Å². The standard InChI is InChI=1S/C9H21NO3Si/c1-6-9(11)10(7-2)14(8-3,12-4)13-5/h6-8H2,1-5H3. The van der Waals surface area contributed by atoms with Crippen molar-refractivity contribution in [1.82, 2.24) is 4.57 Å². The summed E-state index contributed by atoms with van der Waals surface area (Å²) >= 11 is 0. The summed E-state index contributed by atoms with van der Waals surface area (Å²) in [7, 11) is 0.785. The molecule has 0 rings (SSSR count). The van der Waals surface area contributed by atoms with Gasteiger partial charge in [-0.3, -0.25) is 4.79 Å². The molecule has 0 aromatic carbocycles. The average Bonchev–Trinajstić information content (AvgIpc) is 2.25. The number of nitrogens with zero attached hydrogens (tertiary/aromatic N) is 1. The Hall–Kier alpha value is -0.393. The number of carbonyl (C=O) groups excluding carboxylic acids is 1. The average molecular weight is 219 g/mol. The second kappa shape index (κ2) is 6.16. The predicted molar refractivity (Wildman–Crippen MR) is 57.9 cm³/mol. The first-order valence-corrected chi connectivity index (χ1v) is 6.99. The van der Waals surface area contributed by atoms with Gasteiger partial charge in [0.25, 0.3) is 0 Å². The van der Waals surface area contributed by atoms with Crippen LogP contribution in [0.25, 0.3) is 0 Å². The molecule has 0 aromatic heterocycles. The van der Waals surface area contributed by atoms with Gasteiger partial charge in [-0.2, -0.15) is 0 Å². The minimum atomic E-state index is -2.45. The molecule has 84 valence electrons. The van der Waals surface area contributed by atoms with Crippen molar-refractivity contribution in [3.8, 4) is 0 Å². The Labute approximate surface area is 87.5 Å². The van der Waals surface area contributed by atoms with Crippen LogP contribution in [0.5, 0.6) is 0 Å². The Balaban J connectivity index is 4.83. The molecule has 0 fully saturated rings. The topological polar surface area (TPSA) is 38.8 Å². The summed E-state index contributed by atoms with van der Waals surface area (Å²) in [6.07, 6.45) is 0.495. The Morgan fingerprint density at radius 3 is 1.93 bits per heavy atom. The Bertz CT molecular complexity index is 175. The van der Waals surface area contributed by atoms with Crippen molar-refractivity contribution in [3.63, 3.8) is 0 Å². The summed E-state index contributed by atoms with van der Waals surface area (Å²) in [6.45, 7) is 6.44. The van der Waals surface area contributed by atoms with E-state index in [1.165, 1.54) is 0 Å². The minimum absolute atomic E-state index is 0.102. The quantitative estimate of drug-likeness (QED) is 0.635. The van der Waals surface area contributed by atoms with Crippen LogP contribution in [0.2, 0.25) is 6.04 Å². The molecule has 0 aliphatic rings. The van der Waals surface area contributed by atoms with Gasteiger partial charge in [-0.1, -0.05) is 13.8 Å². The van der Waals surface area contributed by atoms with Crippen LogP contribution in [0.3, 0.4) is 0 Å². The predicted octanol–water partition coefficient (Wildman–Crippen LogP) is 1.50. The number of amides is 1. The number of carbonyl (C=O) groups is 1. The largest absolute Gasteiger partial charge is 0.460 e. The molecule has 14 heavy (non-hydrogen) atoms. The van der Waals surface area contributed by atoms with Gasteiger partial charge < -0.3 is 13.4 Å². The molecule has 0 saturated heterocycles. The van der Waals surface area contributed by atoms with Gasteiger partial charge in [-0.05, 0) is 6.92 Å². The van der Waals surface area contributed by atoms with Crippen LogP contribution in [0.15, 0.2) is 0 Å². The molecule has 0 aromatic rings. The molecule has 0 bridgehead atoms. The van der Waals surface area contributed by atoms with E-state index in [2.05, 4.69) is 0 Å². The van der Waals surface area contributed by atoms with E-state index in [4.69, 9.17) is 8.85 Å². The molecule has 0 radical (unpaired) electrons. The van der Waals surface area contributed by atoms with Crippen molar-refractivity contribution in [1.29, 1.82) is 0 Å². The van der Waals surface area contributed by atoms with Crippen molar-refractivity contribution in [2.24, 2.45) is 0 Å². The second-order valence-corrected chi connectivity index (χ2v) is 6.45. The van der Waals surface area contributed by atoms with Crippen LogP contribution in [0, 0.1) is 0 Å². The lowest BCUT2D eigenvalue weighted by Gasteiger charge is -2.36. The lowest BCUT2D eigenvalue weighted by Crippen LogP contribution is -2.59. The van der Waals surface area contributed by atoms with Crippen LogP contribution in [-0.2, 0) is 13.6 Å². The molecule has 0 unspecified atom stereocenters. The van der Waals surface area contributed by atoms with E-state index in [9.17, 15) is 4.79 Å². The minimum Gasteiger partial charge on any atom is -0.382 e. The lowest BCUT2D eigenvalue weighted by molar-refractivity contribution is -0.128. The maximum absolute atomic E-state index is 11.7. The van der Waals surface area contributed by atoms with Crippen LogP contribution in [-0.4, -0.2) is 40.0 Å². The van der Waals surface area contributed by atoms with E-state index in [1.54, 1.807) is 18.8 Å². The molecule has 0 aliphatic heterocycles. The Morgan fingerprint density at radius 2 is 1.71 bits per heavy atom. The summed E-state index contributed by atoms with van der Waals surface area (Å²) < 4.78 is 12.6. The van der Waals surface area contributed by atoms with Gasteiger partial charge in [0.05, 0.1) is 0 Å². The van der Waals surface area contributed by atoms with Gasteiger partial charge in [0.2, 0.25) is 5.91 Å². The molecule has 0 atom stereocenters. The lowest BCUT2D eigenvalue weighted by atomic mass is 10.4. The molecule has 1 amide bonds. The molecular formula is C9H21NO3Si. The van der Waals surface area contributed by atoms with Gasteiger partial charge in [0.1, 0.15) is 0 Å². The fraction of sp³-hybridized carbons (Fsp3) is 0.889. The summed E-state index contributed by atoms with van der Waals surface area (Å²) in [5.41, 5.74) is 0. The highest BCUT2D eigenvalue weighted by Crippen LogP contribution is 2.17. The van der Waals surface area contributed by atoms with Gasteiger partial charge in [0.15, 0.2) is 0 Å². The highest BCUT2D eigenvalue weighted by molar-refractivity contribution is 6.66. The van der Waals surface area contributed by atoms with Gasteiger partial charge in [0, 0.05) is 33.2 Å². The van der Waals surface area contributed by atoms with Crippen LogP contribution in [0.4, 0.5) is 0 Å². The van der Waals surface area contributed by atoms with Crippen molar-refractivity contribution in [3.05, 3.63) is 0 Å². The van der Waals surface area contributed by atoms with Gasteiger partial charge >= 0.3 is 8.72 Å². The van der Waals surface area contributed by atoms with Crippen LogP contribution in [0.1, 0.15) is 27.2 Å². The normalized spacial score (nSPS) is 11.5. The fourth-order valence-corrected chi connectivity index (χ4v) is 4.17. The number of hydrogen-bond donors (Lipinski definition) is 0. The molecule has 0 heterocycles.